The summed E-state index contributed by atoms with van der Waals surface area (Å²) in [7, 11) is -2.51. The summed E-state index contributed by atoms with van der Waals surface area (Å²) in [5.41, 5.74) is 0.636. The fourth-order valence-electron chi connectivity index (χ4n) is 2.17. The molecule has 7 nitrogen and oxygen atoms in total. The summed E-state index contributed by atoms with van der Waals surface area (Å²) in [6, 6.07) is 9.84. The maximum atomic E-state index is 12.4. The molecule has 0 heterocycles. The fraction of sp³-hybridized carbons (Fsp3) is 0.125. The van der Waals surface area contributed by atoms with Crippen molar-refractivity contribution in [1.29, 1.82) is 0 Å². The number of benzene rings is 2. The molecule has 0 aliphatic heterocycles. The van der Waals surface area contributed by atoms with Gasteiger partial charge in [-0.2, -0.15) is 0 Å². The molecule has 0 spiro atoms. The number of anilines is 1. The molecule has 0 saturated carbocycles. The number of sulfonamides is 1. The van der Waals surface area contributed by atoms with Crippen LogP contribution in [0.1, 0.15) is 26.3 Å². The Hall–Kier alpha value is -2.87. The molecule has 1 amide bonds. The first kappa shape index (κ1) is 17.5. The third-order valence-corrected chi connectivity index (χ3v) is 4.77. The maximum Gasteiger partial charge on any atom is 0.338 e. The molecule has 2 aromatic rings. The number of aryl methyl sites for hydroxylation is 1. The molecule has 0 unspecified atom stereocenters. The number of hydrogen-bond donors (Lipinski definition) is 3. The van der Waals surface area contributed by atoms with Crippen LogP contribution < -0.4 is 10.0 Å². The summed E-state index contributed by atoms with van der Waals surface area (Å²) in [4.78, 5) is 22.7. The van der Waals surface area contributed by atoms with E-state index in [1.54, 1.807) is 19.1 Å². The molecule has 0 fully saturated rings. The van der Waals surface area contributed by atoms with Gasteiger partial charge in [0.2, 0.25) is 0 Å². The largest absolute Gasteiger partial charge is 0.478 e. The first-order valence-corrected chi connectivity index (χ1v) is 8.42. The minimum atomic E-state index is -3.98. The molecule has 24 heavy (non-hydrogen) atoms. The number of carboxylic acids is 1. The van der Waals surface area contributed by atoms with Gasteiger partial charge in [-0.05, 0) is 42.8 Å². The average molecular weight is 348 g/mol. The highest BCUT2D eigenvalue weighted by molar-refractivity contribution is 7.92. The van der Waals surface area contributed by atoms with Gasteiger partial charge in [-0.3, -0.25) is 9.52 Å². The number of hydrogen-bond acceptors (Lipinski definition) is 4. The molecule has 0 saturated heterocycles. The van der Waals surface area contributed by atoms with Crippen LogP contribution in [0.2, 0.25) is 0 Å². The first-order valence-electron chi connectivity index (χ1n) is 6.94. The van der Waals surface area contributed by atoms with E-state index >= 15 is 0 Å². The molecule has 126 valence electrons. The zero-order valence-electron chi connectivity index (χ0n) is 13.0. The quantitative estimate of drug-likeness (QED) is 0.763. The standard InChI is InChI=1S/C16H16N2O5S/c1-10-4-3-5-13(14(10)16(20)21)18-24(22,23)12-8-6-11(7-9-12)15(19)17-2/h3-9,18H,1-2H3,(H,17,19)(H,20,21). The normalized spacial score (nSPS) is 10.9. The van der Waals surface area contributed by atoms with Gasteiger partial charge in [0.15, 0.2) is 0 Å². The van der Waals surface area contributed by atoms with E-state index in [1.165, 1.54) is 37.4 Å². The van der Waals surface area contributed by atoms with Crippen LogP contribution in [-0.4, -0.2) is 32.4 Å². The molecular weight excluding hydrogens is 332 g/mol. The van der Waals surface area contributed by atoms with Crippen LogP contribution in [0.3, 0.4) is 0 Å². The predicted octanol–water partition coefficient (Wildman–Crippen LogP) is 1.85. The maximum absolute atomic E-state index is 12.4. The number of aromatic carboxylic acids is 1. The molecule has 0 aliphatic rings. The first-order chi connectivity index (χ1) is 11.3. The second kappa shape index (κ2) is 6.71. The monoisotopic (exact) mass is 348 g/mol. The highest BCUT2D eigenvalue weighted by atomic mass is 32.2. The van der Waals surface area contributed by atoms with Crippen molar-refractivity contribution in [2.45, 2.75) is 11.8 Å². The van der Waals surface area contributed by atoms with Gasteiger partial charge in [0.1, 0.15) is 0 Å². The lowest BCUT2D eigenvalue weighted by molar-refractivity contribution is 0.0697. The molecule has 3 N–H and O–H groups in total. The van der Waals surface area contributed by atoms with Crippen LogP contribution in [0.4, 0.5) is 5.69 Å². The van der Waals surface area contributed by atoms with E-state index in [1.807, 2.05) is 0 Å². The Kier molecular flexibility index (Phi) is 4.89. The van der Waals surface area contributed by atoms with Gasteiger partial charge in [0.05, 0.1) is 16.1 Å². The van der Waals surface area contributed by atoms with Gasteiger partial charge >= 0.3 is 5.97 Å². The van der Waals surface area contributed by atoms with Gasteiger partial charge in [-0.15, -0.1) is 0 Å². The van der Waals surface area contributed by atoms with Crippen LogP contribution in [0.5, 0.6) is 0 Å². The summed E-state index contributed by atoms with van der Waals surface area (Å²) in [6.45, 7) is 1.58. The molecule has 0 aliphatic carbocycles. The second-order valence-electron chi connectivity index (χ2n) is 5.01. The predicted molar refractivity (Wildman–Crippen MR) is 88.8 cm³/mol. The lowest BCUT2D eigenvalue weighted by atomic mass is 10.1. The van der Waals surface area contributed by atoms with Crippen LogP contribution >= 0.6 is 0 Å². The summed E-state index contributed by atoms with van der Waals surface area (Å²) in [6.07, 6.45) is 0. The molecular formula is C16H16N2O5S. The van der Waals surface area contributed by atoms with Crippen molar-refractivity contribution in [2.75, 3.05) is 11.8 Å². The van der Waals surface area contributed by atoms with Crippen molar-refractivity contribution < 1.29 is 23.1 Å². The van der Waals surface area contributed by atoms with E-state index in [4.69, 9.17) is 0 Å². The molecule has 2 aromatic carbocycles. The third-order valence-electron chi connectivity index (χ3n) is 3.38. The number of carbonyl (C=O) groups excluding carboxylic acids is 1. The lowest BCUT2D eigenvalue weighted by Gasteiger charge is -2.12. The highest BCUT2D eigenvalue weighted by Crippen LogP contribution is 2.23. The number of carboxylic acid groups (broad SMARTS) is 1. The van der Waals surface area contributed by atoms with E-state index in [-0.39, 0.29) is 22.1 Å². The Morgan fingerprint density at radius 3 is 2.21 bits per heavy atom. The summed E-state index contributed by atoms with van der Waals surface area (Å²) in [5.74, 6) is -1.56. The van der Waals surface area contributed by atoms with Crippen LogP contribution in [-0.2, 0) is 10.0 Å². The lowest BCUT2D eigenvalue weighted by Crippen LogP contribution is -2.19. The Labute approximate surface area is 139 Å². The van der Waals surface area contributed by atoms with Crippen LogP contribution in [0, 0.1) is 6.92 Å². The van der Waals surface area contributed by atoms with Crippen molar-refractivity contribution >= 4 is 27.6 Å². The van der Waals surface area contributed by atoms with E-state index in [0.29, 0.717) is 11.1 Å². The zero-order chi connectivity index (χ0) is 17.9. The van der Waals surface area contributed by atoms with E-state index in [2.05, 4.69) is 10.0 Å². The van der Waals surface area contributed by atoms with Crippen molar-refractivity contribution in [3.8, 4) is 0 Å². The number of amides is 1. The molecule has 0 aromatic heterocycles. The SMILES string of the molecule is CNC(=O)c1ccc(S(=O)(=O)Nc2cccc(C)c2C(=O)O)cc1. The molecule has 0 atom stereocenters. The van der Waals surface area contributed by atoms with E-state index in [9.17, 15) is 23.1 Å². The van der Waals surface area contributed by atoms with Crippen molar-refractivity contribution in [1.82, 2.24) is 5.32 Å². The Bertz CT molecular complexity index is 889. The summed E-state index contributed by atoms with van der Waals surface area (Å²) >= 11 is 0. The second-order valence-corrected chi connectivity index (χ2v) is 6.69. The highest BCUT2D eigenvalue weighted by Gasteiger charge is 2.20. The number of nitrogens with one attached hydrogen (secondary N) is 2. The Morgan fingerprint density at radius 1 is 1.04 bits per heavy atom. The minimum Gasteiger partial charge on any atom is -0.478 e. The molecule has 2 rings (SSSR count). The molecule has 8 heteroatoms. The topological polar surface area (TPSA) is 113 Å². The minimum absolute atomic E-state index is 0.0159. The van der Waals surface area contributed by atoms with Gasteiger partial charge in [-0.25, -0.2) is 13.2 Å². The van der Waals surface area contributed by atoms with Crippen LogP contribution in [0.15, 0.2) is 47.4 Å². The molecule has 0 bridgehead atoms. The van der Waals surface area contributed by atoms with Gasteiger partial charge < -0.3 is 10.4 Å². The number of rotatable bonds is 5. The van der Waals surface area contributed by atoms with Gasteiger partial charge in [0.25, 0.3) is 15.9 Å². The third kappa shape index (κ3) is 3.54. The van der Waals surface area contributed by atoms with Gasteiger partial charge in [-0.1, -0.05) is 12.1 Å². The summed E-state index contributed by atoms with van der Waals surface area (Å²) < 4.78 is 27.1. The summed E-state index contributed by atoms with van der Waals surface area (Å²) in [5, 5.41) is 11.7. The smallest absolute Gasteiger partial charge is 0.338 e. The van der Waals surface area contributed by atoms with E-state index < -0.39 is 16.0 Å². The van der Waals surface area contributed by atoms with Crippen molar-refractivity contribution in [2.24, 2.45) is 0 Å². The van der Waals surface area contributed by atoms with E-state index in [0.717, 1.165) is 0 Å². The Morgan fingerprint density at radius 2 is 1.67 bits per heavy atom. The number of carbonyl (C=O) groups is 2. The van der Waals surface area contributed by atoms with Crippen molar-refractivity contribution in [3.05, 3.63) is 59.2 Å². The zero-order valence-corrected chi connectivity index (χ0v) is 13.8. The fourth-order valence-corrected chi connectivity index (χ4v) is 3.24. The van der Waals surface area contributed by atoms with Crippen LogP contribution in [0.25, 0.3) is 0 Å². The average Bonchev–Trinajstić information content (AvgIpc) is 2.53. The Balaban J connectivity index is 2.38. The molecule has 0 radical (unpaired) electrons. The van der Waals surface area contributed by atoms with Crippen molar-refractivity contribution in [3.63, 3.8) is 0 Å². The van der Waals surface area contributed by atoms with Gasteiger partial charge in [0, 0.05) is 12.6 Å².